The van der Waals surface area contributed by atoms with Crippen molar-refractivity contribution in [2.45, 2.75) is 26.8 Å². The largest absolute Gasteiger partial charge is 0.398 e. The van der Waals surface area contributed by atoms with E-state index < -0.39 is 0 Å². The Kier molecular flexibility index (Phi) is 3.13. The number of fused-ring (bicyclic) bond motifs is 1. The molecule has 0 radical (unpaired) electrons. The van der Waals surface area contributed by atoms with Gasteiger partial charge in [0.15, 0.2) is 0 Å². The van der Waals surface area contributed by atoms with E-state index in [1.54, 1.807) is 6.07 Å². The maximum absolute atomic E-state index is 13.2. The van der Waals surface area contributed by atoms with E-state index in [1.807, 2.05) is 19.9 Å². The molecule has 1 aliphatic rings. The zero-order valence-electron chi connectivity index (χ0n) is 11.9. The summed E-state index contributed by atoms with van der Waals surface area (Å²) in [5, 5.41) is 0. The van der Waals surface area contributed by atoms with Crippen molar-refractivity contribution in [3.8, 4) is 0 Å². The second-order valence-corrected chi connectivity index (χ2v) is 5.58. The van der Waals surface area contributed by atoms with E-state index in [0.29, 0.717) is 0 Å². The van der Waals surface area contributed by atoms with Gasteiger partial charge in [0, 0.05) is 24.5 Å². The van der Waals surface area contributed by atoms with Crippen molar-refractivity contribution in [3.05, 3.63) is 58.4 Å². The average Bonchev–Trinajstić information content (AvgIpc) is 2.76. The van der Waals surface area contributed by atoms with Crippen LogP contribution in [0.2, 0.25) is 0 Å². The van der Waals surface area contributed by atoms with E-state index >= 15 is 0 Å². The van der Waals surface area contributed by atoms with Gasteiger partial charge in [-0.05, 0) is 60.7 Å². The molecule has 2 nitrogen and oxygen atoms in total. The molecule has 0 aromatic heterocycles. The average molecular weight is 270 g/mol. The second-order valence-electron chi connectivity index (χ2n) is 5.58. The van der Waals surface area contributed by atoms with Crippen molar-refractivity contribution in [1.82, 2.24) is 0 Å². The lowest BCUT2D eigenvalue weighted by Gasteiger charge is -2.21. The van der Waals surface area contributed by atoms with Crippen molar-refractivity contribution in [2.75, 3.05) is 17.2 Å². The first-order valence-corrected chi connectivity index (χ1v) is 6.93. The van der Waals surface area contributed by atoms with Crippen LogP contribution in [0.4, 0.5) is 15.8 Å². The molecule has 0 saturated carbocycles. The zero-order valence-corrected chi connectivity index (χ0v) is 11.9. The standard InChI is InChI=1S/C17H19FN2/c1-11-8-15(18)4-3-14(11)10-20-6-5-13-7-12(2)16(19)9-17(13)20/h3-4,7-9H,5-6,10,19H2,1-2H3. The first-order chi connectivity index (χ1) is 9.54. The SMILES string of the molecule is Cc1cc2c(cc1N)N(Cc1ccc(F)cc1C)CC2. The molecular formula is C17H19FN2. The van der Waals surface area contributed by atoms with Crippen molar-refractivity contribution in [3.63, 3.8) is 0 Å². The second kappa shape index (κ2) is 4.82. The number of benzene rings is 2. The van der Waals surface area contributed by atoms with E-state index in [2.05, 4.69) is 17.0 Å². The summed E-state index contributed by atoms with van der Waals surface area (Å²) < 4.78 is 13.2. The number of anilines is 2. The fourth-order valence-electron chi connectivity index (χ4n) is 2.85. The van der Waals surface area contributed by atoms with Crippen LogP contribution in [-0.2, 0) is 13.0 Å². The monoisotopic (exact) mass is 270 g/mol. The third kappa shape index (κ3) is 2.24. The molecule has 0 unspecified atom stereocenters. The Morgan fingerprint density at radius 2 is 1.95 bits per heavy atom. The summed E-state index contributed by atoms with van der Waals surface area (Å²) in [5.74, 6) is -0.173. The number of nitrogens with zero attached hydrogens (tertiary/aromatic N) is 1. The summed E-state index contributed by atoms with van der Waals surface area (Å²) in [6.45, 7) is 5.80. The molecule has 0 fully saturated rings. The van der Waals surface area contributed by atoms with Gasteiger partial charge in [0.25, 0.3) is 0 Å². The summed E-state index contributed by atoms with van der Waals surface area (Å²) in [6.07, 6.45) is 1.05. The summed E-state index contributed by atoms with van der Waals surface area (Å²) in [5.41, 5.74) is 12.7. The van der Waals surface area contributed by atoms with Crippen LogP contribution in [0.25, 0.3) is 0 Å². The number of nitrogens with two attached hydrogens (primary N) is 1. The minimum Gasteiger partial charge on any atom is -0.398 e. The summed E-state index contributed by atoms with van der Waals surface area (Å²) in [4.78, 5) is 2.32. The molecule has 2 aromatic rings. The lowest BCUT2D eigenvalue weighted by atomic mass is 10.1. The van der Waals surface area contributed by atoms with Gasteiger partial charge in [0.1, 0.15) is 5.82 Å². The van der Waals surface area contributed by atoms with E-state index in [1.165, 1.54) is 22.9 Å². The first-order valence-electron chi connectivity index (χ1n) is 6.93. The van der Waals surface area contributed by atoms with Crippen molar-refractivity contribution < 1.29 is 4.39 Å². The lowest BCUT2D eigenvalue weighted by Crippen LogP contribution is -2.20. The highest BCUT2D eigenvalue weighted by molar-refractivity contribution is 5.67. The third-order valence-electron chi connectivity index (χ3n) is 4.12. The quantitative estimate of drug-likeness (QED) is 0.845. The van der Waals surface area contributed by atoms with Gasteiger partial charge in [0.05, 0.1) is 0 Å². The first kappa shape index (κ1) is 13.0. The summed E-state index contributed by atoms with van der Waals surface area (Å²) in [7, 11) is 0. The molecule has 0 amide bonds. The van der Waals surface area contributed by atoms with Crippen LogP contribution < -0.4 is 10.6 Å². The molecule has 104 valence electrons. The van der Waals surface area contributed by atoms with Crippen LogP contribution in [-0.4, -0.2) is 6.54 Å². The van der Waals surface area contributed by atoms with Crippen LogP contribution >= 0.6 is 0 Å². The number of aryl methyl sites for hydroxylation is 2. The van der Waals surface area contributed by atoms with Gasteiger partial charge in [0.2, 0.25) is 0 Å². The highest BCUT2D eigenvalue weighted by Crippen LogP contribution is 2.33. The molecule has 1 aliphatic heterocycles. The Labute approximate surface area is 119 Å². The van der Waals surface area contributed by atoms with Crippen molar-refractivity contribution in [1.29, 1.82) is 0 Å². The van der Waals surface area contributed by atoms with Crippen molar-refractivity contribution >= 4 is 11.4 Å². The maximum atomic E-state index is 13.2. The molecule has 0 aliphatic carbocycles. The van der Waals surface area contributed by atoms with Gasteiger partial charge in [-0.25, -0.2) is 4.39 Å². The normalized spacial score (nSPS) is 13.7. The molecule has 1 heterocycles. The fraction of sp³-hybridized carbons (Fsp3) is 0.294. The Morgan fingerprint density at radius 3 is 2.70 bits per heavy atom. The topological polar surface area (TPSA) is 29.3 Å². The molecule has 0 spiro atoms. The van der Waals surface area contributed by atoms with E-state index in [0.717, 1.165) is 36.3 Å². The molecule has 3 rings (SSSR count). The van der Waals surface area contributed by atoms with Gasteiger partial charge in [-0.15, -0.1) is 0 Å². The van der Waals surface area contributed by atoms with Crippen molar-refractivity contribution in [2.24, 2.45) is 0 Å². The van der Waals surface area contributed by atoms with E-state index in [4.69, 9.17) is 5.73 Å². The predicted molar refractivity (Wildman–Crippen MR) is 81.5 cm³/mol. The molecule has 20 heavy (non-hydrogen) atoms. The van der Waals surface area contributed by atoms with E-state index in [9.17, 15) is 4.39 Å². The minimum atomic E-state index is -0.173. The molecular weight excluding hydrogens is 251 g/mol. The maximum Gasteiger partial charge on any atom is 0.123 e. The van der Waals surface area contributed by atoms with Crippen LogP contribution in [0.15, 0.2) is 30.3 Å². The highest BCUT2D eigenvalue weighted by Gasteiger charge is 2.20. The lowest BCUT2D eigenvalue weighted by molar-refractivity contribution is 0.625. The Balaban J connectivity index is 1.90. The number of halogens is 1. The van der Waals surface area contributed by atoms with Crippen LogP contribution in [0.3, 0.4) is 0 Å². The highest BCUT2D eigenvalue weighted by atomic mass is 19.1. The predicted octanol–water partition coefficient (Wildman–Crippen LogP) is 3.59. The smallest absolute Gasteiger partial charge is 0.123 e. The van der Waals surface area contributed by atoms with Crippen LogP contribution in [0.5, 0.6) is 0 Å². The molecule has 2 aromatic carbocycles. The fourth-order valence-corrected chi connectivity index (χ4v) is 2.85. The summed E-state index contributed by atoms with van der Waals surface area (Å²) in [6, 6.07) is 9.25. The summed E-state index contributed by atoms with van der Waals surface area (Å²) >= 11 is 0. The zero-order chi connectivity index (χ0) is 14.3. The third-order valence-corrected chi connectivity index (χ3v) is 4.12. The van der Waals surface area contributed by atoms with E-state index in [-0.39, 0.29) is 5.82 Å². The minimum absolute atomic E-state index is 0.173. The number of rotatable bonds is 2. The Hall–Kier alpha value is -2.03. The molecule has 2 N–H and O–H groups in total. The van der Waals surface area contributed by atoms with Crippen LogP contribution in [0.1, 0.15) is 22.3 Å². The van der Waals surface area contributed by atoms with Gasteiger partial charge >= 0.3 is 0 Å². The molecule has 0 saturated heterocycles. The Morgan fingerprint density at radius 1 is 1.15 bits per heavy atom. The van der Waals surface area contributed by atoms with Gasteiger partial charge in [-0.1, -0.05) is 12.1 Å². The molecule has 3 heteroatoms. The van der Waals surface area contributed by atoms with Crippen LogP contribution in [0, 0.1) is 19.7 Å². The molecule has 0 atom stereocenters. The number of hydrogen-bond donors (Lipinski definition) is 1. The number of hydrogen-bond acceptors (Lipinski definition) is 2. The van der Waals surface area contributed by atoms with Gasteiger partial charge in [-0.2, -0.15) is 0 Å². The number of nitrogen functional groups attached to an aromatic ring is 1. The Bertz CT molecular complexity index is 664. The van der Waals surface area contributed by atoms with Gasteiger partial charge < -0.3 is 10.6 Å². The van der Waals surface area contributed by atoms with Gasteiger partial charge in [-0.3, -0.25) is 0 Å². The molecule has 0 bridgehead atoms.